The largest absolute Gasteiger partial charge is 0.399 e. The fourth-order valence-electron chi connectivity index (χ4n) is 3.04. The quantitative estimate of drug-likeness (QED) is 0.835. The summed E-state index contributed by atoms with van der Waals surface area (Å²) in [4.78, 5) is 13.7. The Morgan fingerprint density at radius 2 is 2.05 bits per heavy atom. The van der Waals surface area contributed by atoms with Gasteiger partial charge in [-0.1, -0.05) is 18.2 Å². The second-order valence-corrected chi connectivity index (χ2v) is 7.02. The minimum Gasteiger partial charge on any atom is -0.399 e. The van der Waals surface area contributed by atoms with Crippen LogP contribution in [0, 0.1) is 6.92 Å². The van der Waals surface area contributed by atoms with Crippen molar-refractivity contribution in [2.45, 2.75) is 45.4 Å². The molecule has 22 heavy (non-hydrogen) atoms. The van der Waals surface area contributed by atoms with Gasteiger partial charge in [0.2, 0.25) is 5.91 Å². The first-order valence-corrected chi connectivity index (χ1v) is 8.71. The average Bonchev–Trinajstić information content (AvgIpc) is 2.83. The molecule has 4 heteroatoms. The second-order valence-electron chi connectivity index (χ2n) is 5.91. The van der Waals surface area contributed by atoms with E-state index in [1.165, 1.54) is 28.8 Å². The van der Waals surface area contributed by atoms with E-state index < -0.39 is 0 Å². The highest BCUT2D eigenvalue weighted by Crippen LogP contribution is 2.37. The van der Waals surface area contributed by atoms with Gasteiger partial charge in [-0.15, -0.1) is 11.3 Å². The van der Waals surface area contributed by atoms with Crippen LogP contribution < -0.4 is 11.1 Å². The molecule has 0 saturated heterocycles. The summed E-state index contributed by atoms with van der Waals surface area (Å²) in [5.41, 5.74) is 10.5. The SMILES string of the molecule is Cc1c(NC(=O)CCc2ccccc2N)sc2c1CCCC2. The normalized spacial score (nSPS) is 13.7. The predicted molar refractivity (Wildman–Crippen MR) is 93.5 cm³/mol. The number of hydrogen-bond acceptors (Lipinski definition) is 3. The van der Waals surface area contributed by atoms with E-state index in [2.05, 4.69) is 12.2 Å². The standard InChI is InChI=1S/C18H22N2OS/c1-12-14-7-3-5-9-16(14)22-18(12)20-17(21)11-10-13-6-2-4-8-15(13)19/h2,4,6,8H,3,5,7,9-11,19H2,1H3,(H,20,21). The van der Waals surface area contributed by atoms with E-state index in [1.807, 2.05) is 24.3 Å². The second kappa shape index (κ2) is 6.53. The lowest BCUT2D eigenvalue weighted by atomic mass is 9.96. The Kier molecular flexibility index (Phi) is 4.48. The van der Waals surface area contributed by atoms with Crippen LogP contribution in [0.5, 0.6) is 0 Å². The molecule has 0 spiro atoms. The molecule has 0 fully saturated rings. The lowest BCUT2D eigenvalue weighted by Crippen LogP contribution is -2.12. The molecule has 0 atom stereocenters. The number of hydrogen-bond donors (Lipinski definition) is 2. The summed E-state index contributed by atoms with van der Waals surface area (Å²) in [5.74, 6) is 0.0740. The third kappa shape index (κ3) is 3.17. The molecule has 1 aliphatic carbocycles. The van der Waals surface area contributed by atoms with E-state index in [-0.39, 0.29) is 5.91 Å². The molecular formula is C18H22N2OS. The molecule has 1 aromatic heterocycles. The fourth-order valence-corrected chi connectivity index (χ4v) is 4.35. The third-order valence-corrected chi connectivity index (χ3v) is 5.67. The highest BCUT2D eigenvalue weighted by Gasteiger charge is 2.19. The number of para-hydroxylation sites is 1. The topological polar surface area (TPSA) is 55.1 Å². The zero-order chi connectivity index (χ0) is 15.5. The van der Waals surface area contributed by atoms with E-state index in [4.69, 9.17) is 5.73 Å². The maximum Gasteiger partial charge on any atom is 0.225 e. The number of fused-ring (bicyclic) bond motifs is 1. The summed E-state index contributed by atoms with van der Waals surface area (Å²) < 4.78 is 0. The van der Waals surface area contributed by atoms with E-state index >= 15 is 0 Å². The molecule has 3 rings (SSSR count). The molecular weight excluding hydrogens is 292 g/mol. The van der Waals surface area contributed by atoms with Crippen molar-refractivity contribution in [3.05, 3.63) is 45.8 Å². The zero-order valence-electron chi connectivity index (χ0n) is 12.9. The van der Waals surface area contributed by atoms with Gasteiger partial charge in [-0.05, 0) is 61.8 Å². The van der Waals surface area contributed by atoms with Crippen LogP contribution in [-0.4, -0.2) is 5.91 Å². The van der Waals surface area contributed by atoms with Crippen LogP contribution in [0.4, 0.5) is 10.7 Å². The Balaban J connectivity index is 1.63. The predicted octanol–water partition coefficient (Wildman–Crippen LogP) is 4.09. The van der Waals surface area contributed by atoms with Crippen molar-refractivity contribution in [2.24, 2.45) is 0 Å². The van der Waals surface area contributed by atoms with E-state index in [9.17, 15) is 4.79 Å². The van der Waals surface area contributed by atoms with Gasteiger partial charge in [-0.3, -0.25) is 4.79 Å². The summed E-state index contributed by atoms with van der Waals surface area (Å²) in [6.07, 6.45) is 6.02. The van der Waals surface area contributed by atoms with Gasteiger partial charge in [0.15, 0.2) is 0 Å². The van der Waals surface area contributed by atoms with Crippen molar-refractivity contribution >= 4 is 27.9 Å². The maximum atomic E-state index is 12.2. The molecule has 1 heterocycles. The van der Waals surface area contributed by atoms with Crippen LogP contribution in [0.3, 0.4) is 0 Å². The molecule has 0 radical (unpaired) electrons. The molecule has 0 aliphatic heterocycles. The zero-order valence-corrected chi connectivity index (χ0v) is 13.8. The van der Waals surface area contributed by atoms with Crippen molar-refractivity contribution in [1.82, 2.24) is 0 Å². The number of thiophene rings is 1. The van der Waals surface area contributed by atoms with E-state index in [1.54, 1.807) is 11.3 Å². The smallest absolute Gasteiger partial charge is 0.225 e. The molecule has 2 aromatic rings. The lowest BCUT2D eigenvalue weighted by Gasteiger charge is -2.10. The minimum atomic E-state index is 0.0740. The van der Waals surface area contributed by atoms with Gasteiger partial charge >= 0.3 is 0 Å². The molecule has 0 saturated carbocycles. The molecule has 1 aliphatic rings. The van der Waals surface area contributed by atoms with Gasteiger partial charge in [0, 0.05) is 17.0 Å². The third-order valence-electron chi connectivity index (χ3n) is 4.37. The van der Waals surface area contributed by atoms with Crippen molar-refractivity contribution in [3.63, 3.8) is 0 Å². The Morgan fingerprint density at radius 1 is 1.27 bits per heavy atom. The van der Waals surface area contributed by atoms with Crippen LogP contribution >= 0.6 is 11.3 Å². The van der Waals surface area contributed by atoms with Gasteiger partial charge in [-0.2, -0.15) is 0 Å². The number of amides is 1. The van der Waals surface area contributed by atoms with E-state index in [0.29, 0.717) is 12.8 Å². The number of rotatable bonds is 4. The monoisotopic (exact) mass is 314 g/mol. The summed E-state index contributed by atoms with van der Waals surface area (Å²) in [6, 6.07) is 7.74. The summed E-state index contributed by atoms with van der Waals surface area (Å²) >= 11 is 1.76. The highest BCUT2D eigenvalue weighted by atomic mass is 32.1. The van der Waals surface area contributed by atoms with Crippen molar-refractivity contribution in [1.29, 1.82) is 0 Å². The van der Waals surface area contributed by atoms with Crippen molar-refractivity contribution in [3.8, 4) is 0 Å². The Morgan fingerprint density at radius 3 is 2.82 bits per heavy atom. The Labute approximate surface area is 135 Å². The van der Waals surface area contributed by atoms with Crippen molar-refractivity contribution in [2.75, 3.05) is 11.1 Å². The molecule has 0 bridgehead atoms. The van der Waals surface area contributed by atoms with Crippen LogP contribution in [0.25, 0.3) is 0 Å². The molecule has 116 valence electrons. The summed E-state index contributed by atoms with van der Waals surface area (Å²) in [7, 11) is 0. The van der Waals surface area contributed by atoms with Gasteiger partial charge in [0.1, 0.15) is 0 Å². The lowest BCUT2D eigenvalue weighted by molar-refractivity contribution is -0.116. The Bertz CT molecular complexity index is 690. The van der Waals surface area contributed by atoms with Crippen LogP contribution in [-0.2, 0) is 24.1 Å². The summed E-state index contributed by atoms with van der Waals surface area (Å²) in [6.45, 7) is 2.13. The number of nitrogens with two attached hydrogens (primary N) is 1. The number of nitrogens with one attached hydrogen (secondary N) is 1. The number of benzene rings is 1. The number of carbonyl (C=O) groups excluding carboxylic acids is 1. The number of aryl methyl sites for hydroxylation is 2. The number of anilines is 2. The first-order chi connectivity index (χ1) is 10.6. The van der Waals surface area contributed by atoms with Crippen LogP contribution in [0.15, 0.2) is 24.3 Å². The number of nitrogen functional groups attached to an aromatic ring is 1. The Hall–Kier alpha value is -1.81. The van der Waals surface area contributed by atoms with Crippen molar-refractivity contribution < 1.29 is 4.79 Å². The average molecular weight is 314 g/mol. The van der Waals surface area contributed by atoms with Gasteiger partial charge in [0.25, 0.3) is 0 Å². The molecule has 3 N–H and O–H groups in total. The first-order valence-electron chi connectivity index (χ1n) is 7.89. The minimum absolute atomic E-state index is 0.0740. The van der Waals surface area contributed by atoms with Crippen LogP contribution in [0.2, 0.25) is 0 Å². The first kappa shape index (κ1) is 15.1. The van der Waals surface area contributed by atoms with Crippen LogP contribution in [0.1, 0.15) is 40.8 Å². The van der Waals surface area contributed by atoms with Gasteiger partial charge < -0.3 is 11.1 Å². The van der Waals surface area contributed by atoms with Gasteiger partial charge in [-0.25, -0.2) is 0 Å². The highest BCUT2D eigenvalue weighted by molar-refractivity contribution is 7.16. The molecule has 1 aromatic carbocycles. The van der Waals surface area contributed by atoms with Gasteiger partial charge in [0.05, 0.1) is 5.00 Å². The molecule has 3 nitrogen and oxygen atoms in total. The number of carbonyl (C=O) groups is 1. The molecule has 1 amide bonds. The molecule has 0 unspecified atom stereocenters. The fraction of sp³-hybridized carbons (Fsp3) is 0.389. The summed E-state index contributed by atoms with van der Waals surface area (Å²) in [5, 5.41) is 4.14. The maximum absolute atomic E-state index is 12.2. The van der Waals surface area contributed by atoms with E-state index in [0.717, 1.165) is 29.1 Å².